The minimum atomic E-state index is -0.613. The number of carbonyl (C=O) groups excluding carboxylic acids is 3. The maximum atomic E-state index is 12.1. The van der Waals surface area contributed by atoms with E-state index in [4.69, 9.17) is 4.74 Å². The van der Waals surface area contributed by atoms with Crippen LogP contribution < -0.4 is 20.7 Å². The van der Waals surface area contributed by atoms with Gasteiger partial charge in [-0.25, -0.2) is 4.79 Å². The second-order valence-electron chi connectivity index (χ2n) is 6.77. The third-order valence-corrected chi connectivity index (χ3v) is 4.08. The first-order valence-corrected chi connectivity index (χ1v) is 9.07. The van der Waals surface area contributed by atoms with E-state index in [1.54, 1.807) is 44.5 Å². The average molecular weight is 398 g/mol. The maximum absolute atomic E-state index is 12.1. The van der Waals surface area contributed by atoms with Crippen LogP contribution in [-0.4, -0.2) is 50.0 Å². The van der Waals surface area contributed by atoms with Gasteiger partial charge in [0.1, 0.15) is 5.75 Å². The van der Waals surface area contributed by atoms with Crippen LogP contribution in [0, 0.1) is 13.8 Å². The molecule has 0 fully saturated rings. The number of carbonyl (C=O) groups is 3. The molecule has 0 saturated carbocycles. The first-order valence-electron chi connectivity index (χ1n) is 9.07. The number of likely N-dealkylation sites (N-methyl/N-ethyl adjacent to an activating group) is 1. The predicted molar refractivity (Wildman–Crippen MR) is 112 cm³/mol. The number of rotatable bonds is 7. The number of benzene rings is 2. The van der Waals surface area contributed by atoms with Crippen LogP contribution in [0.2, 0.25) is 0 Å². The molecule has 3 N–H and O–H groups in total. The van der Waals surface area contributed by atoms with Crippen molar-refractivity contribution >= 4 is 29.2 Å². The van der Waals surface area contributed by atoms with E-state index in [2.05, 4.69) is 16.0 Å². The Bertz CT molecular complexity index is 881. The molecule has 2 aromatic rings. The highest BCUT2D eigenvalue weighted by molar-refractivity contribution is 6.02. The Morgan fingerprint density at radius 3 is 2.21 bits per heavy atom. The van der Waals surface area contributed by atoms with E-state index in [0.29, 0.717) is 17.1 Å². The fourth-order valence-corrected chi connectivity index (χ4v) is 2.69. The molecule has 8 heteroatoms. The van der Waals surface area contributed by atoms with Gasteiger partial charge in [0.25, 0.3) is 0 Å². The lowest BCUT2D eigenvalue weighted by atomic mass is 10.1. The summed E-state index contributed by atoms with van der Waals surface area (Å²) in [6, 6.07) is 11.9. The molecule has 0 aliphatic carbocycles. The van der Waals surface area contributed by atoms with E-state index in [9.17, 15) is 14.4 Å². The third-order valence-electron chi connectivity index (χ3n) is 4.08. The number of hydrogen-bond donors (Lipinski definition) is 3. The molecule has 4 amide bonds. The molecule has 0 saturated heterocycles. The molecule has 0 spiro atoms. The average Bonchev–Trinajstić information content (AvgIpc) is 2.64. The fourth-order valence-electron chi connectivity index (χ4n) is 2.69. The summed E-state index contributed by atoms with van der Waals surface area (Å²) >= 11 is 0. The second-order valence-corrected chi connectivity index (χ2v) is 6.77. The van der Waals surface area contributed by atoms with Gasteiger partial charge in [0.2, 0.25) is 11.8 Å². The maximum Gasteiger partial charge on any atom is 0.325 e. The van der Waals surface area contributed by atoms with Crippen molar-refractivity contribution in [1.82, 2.24) is 10.2 Å². The van der Waals surface area contributed by atoms with Crippen LogP contribution in [-0.2, 0) is 9.59 Å². The van der Waals surface area contributed by atoms with Gasteiger partial charge in [0.05, 0.1) is 20.2 Å². The van der Waals surface area contributed by atoms with E-state index in [1.807, 2.05) is 26.0 Å². The Hall–Kier alpha value is -3.39. The number of aryl methyl sites for hydroxylation is 2. The summed E-state index contributed by atoms with van der Waals surface area (Å²) in [6.45, 7) is 3.73. The van der Waals surface area contributed by atoms with Gasteiger partial charge < -0.3 is 15.4 Å². The number of imide groups is 1. The highest BCUT2D eigenvalue weighted by atomic mass is 16.5. The first-order chi connectivity index (χ1) is 13.8. The lowest BCUT2D eigenvalue weighted by Crippen LogP contribution is -2.42. The highest BCUT2D eigenvalue weighted by Crippen LogP contribution is 2.16. The standard InChI is InChI=1S/C21H26N4O4/c1-14-5-10-18(15(2)11-14)23-21(28)24-20(27)13-25(3)12-19(26)22-16-6-8-17(29-4)9-7-16/h5-11H,12-13H2,1-4H3,(H,22,26)(H2,23,24,27,28). The molecule has 0 aromatic heterocycles. The molecule has 0 heterocycles. The van der Waals surface area contributed by atoms with E-state index in [-0.39, 0.29) is 19.0 Å². The van der Waals surface area contributed by atoms with Gasteiger partial charge in [-0.3, -0.25) is 19.8 Å². The zero-order valence-electron chi connectivity index (χ0n) is 17.0. The number of amides is 4. The Balaban J connectivity index is 1.77. The summed E-state index contributed by atoms with van der Waals surface area (Å²) < 4.78 is 5.07. The number of anilines is 2. The smallest absolute Gasteiger partial charge is 0.325 e. The molecule has 2 rings (SSSR count). The monoisotopic (exact) mass is 398 g/mol. The van der Waals surface area contributed by atoms with Crippen LogP contribution in [0.1, 0.15) is 11.1 Å². The minimum absolute atomic E-state index is 0.00185. The van der Waals surface area contributed by atoms with Crippen molar-refractivity contribution in [2.24, 2.45) is 0 Å². The van der Waals surface area contributed by atoms with Gasteiger partial charge in [-0.15, -0.1) is 0 Å². The first kappa shape index (κ1) is 21.9. The van der Waals surface area contributed by atoms with E-state index < -0.39 is 11.9 Å². The van der Waals surface area contributed by atoms with Gasteiger partial charge >= 0.3 is 6.03 Å². The van der Waals surface area contributed by atoms with E-state index in [1.165, 1.54) is 4.90 Å². The zero-order valence-corrected chi connectivity index (χ0v) is 17.0. The van der Waals surface area contributed by atoms with Gasteiger partial charge in [0.15, 0.2) is 0 Å². The Morgan fingerprint density at radius 1 is 0.931 bits per heavy atom. The van der Waals surface area contributed by atoms with Crippen molar-refractivity contribution in [2.45, 2.75) is 13.8 Å². The summed E-state index contributed by atoms with van der Waals surface area (Å²) in [6.07, 6.45) is 0. The van der Waals surface area contributed by atoms with Crippen LogP contribution in [0.3, 0.4) is 0 Å². The number of urea groups is 1. The van der Waals surface area contributed by atoms with E-state index >= 15 is 0 Å². The summed E-state index contributed by atoms with van der Waals surface area (Å²) in [4.78, 5) is 37.7. The van der Waals surface area contributed by atoms with Crippen LogP contribution in [0.4, 0.5) is 16.2 Å². The number of methoxy groups -OCH3 is 1. The minimum Gasteiger partial charge on any atom is -0.497 e. The van der Waals surface area contributed by atoms with Crippen LogP contribution in [0.5, 0.6) is 5.75 Å². The fraction of sp³-hybridized carbons (Fsp3) is 0.286. The summed E-state index contributed by atoms with van der Waals surface area (Å²) in [5.41, 5.74) is 3.24. The van der Waals surface area contributed by atoms with Crippen molar-refractivity contribution in [3.8, 4) is 5.75 Å². The molecule has 154 valence electrons. The molecule has 8 nitrogen and oxygen atoms in total. The second kappa shape index (κ2) is 10.2. The van der Waals surface area contributed by atoms with E-state index in [0.717, 1.165) is 11.1 Å². The van der Waals surface area contributed by atoms with Crippen molar-refractivity contribution in [3.63, 3.8) is 0 Å². The Morgan fingerprint density at radius 2 is 1.59 bits per heavy atom. The van der Waals surface area contributed by atoms with Crippen LogP contribution in [0.25, 0.3) is 0 Å². The molecule has 0 unspecified atom stereocenters. The largest absolute Gasteiger partial charge is 0.497 e. The molecule has 0 aliphatic heterocycles. The van der Waals surface area contributed by atoms with Gasteiger partial charge in [-0.2, -0.15) is 0 Å². The van der Waals surface area contributed by atoms with Crippen LogP contribution in [0.15, 0.2) is 42.5 Å². The molecule has 2 aromatic carbocycles. The van der Waals surface area contributed by atoms with Gasteiger partial charge in [-0.05, 0) is 56.8 Å². The summed E-state index contributed by atoms with van der Waals surface area (Å²) in [5.74, 6) is -0.0897. The zero-order chi connectivity index (χ0) is 21.4. The SMILES string of the molecule is COc1ccc(NC(=O)CN(C)CC(=O)NC(=O)Nc2ccc(C)cc2C)cc1. The van der Waals surface area contributed by atoms with Crippen molar-refractivity contribution < 1.29 is 19.1 Å². The molecular weight excluding hydrogens is 372 g/mol. The third kappa shape index (κ3) is 7.27. The highest BCUT2D eigenvalue weighted by Gasteiger charge is 2.14. The molecular formula is C21H26N4O4. The molecule has 0 bridgehead atoms. The number of nitrogens with one attached hydrogen (secondary N) is 3. The number of nitrogens with zero attached hydrogens (tertiary/aromatic N) is 1. The quantitative estimate of drug-likeness (QED) is 0.666. The Labute approximate surface area is 170 Å². The lowest BCUT2D eigenvalue weighted by molar-refractivity contribution is -0.121. The number of ether oxygens (including phenoxy) is 1. The van der Waals surface area contributed by atoms with Crippen molar-refractivity contribution in [1.29, 1.82) is 0 Å². The lowest BCUT2D eigenvalue weighted by Gasteiger charge is -2.16. The predicted octanol–water partition coefficient (Wildman–Crippen LogP) is 2.53. The molecule has 29 heavy (non-hydrogen) atoms. The number of hydrogen-bond acceptors (Lipinski definition) is 5. The molecule has 0 atom stereocenters. The van der Waals surface area contributed by atoms with Gasteiger partial charge in [-0.1, -0.05) is 17.7 Å². The van der Waals surface area contributed by atoms with Crippen molar-refractivity contribution in [3.05, 3.63) is 53.6 Å². The van der Waals surface area contributed by atoms with Crippen LogP contribution >= 0.6 is 0 Å². The van der Waals surface area contributed by atoms with Crippen molar-refractivity contribution in [2.75, 3.05) is 37.9 Å². The summed E-state index contributed by atoms with van der Waals surface area (Å²) in [7, 11) is 3.19. The normalized spacial score (nSPS) is 10.4. The molecule has 0 radical (unpaired) electrons. The molecule has 0 aliphatic rings. The Kier molecular flexibility index (Phi) is 7.73. The van der Waals surface area contributed by atoms with Gasteiger partial charge in [0, 0.05) is 11.4 Å². The summed E-state index contributed by atoms with van der Waals surface area (Å²) in [5, 5.41) is 7.64. The topological polar surface area (TPSA) is 99.8 Å².